The summed E-state index contributed by atoms with van der Waals surface area (Å²) in [6.45, 7) is 0. The minimum atomic E-state index is 0.594. The number of rotatable bonds is 8. The second-order valence-corrected chi connectivity index (χ2v) is 42.6. The summed E-state index contributed by atoms with van der Waals surface area (Å²) in [6.07, 6.45) is 0. The highest BCUT2D eigenvalue weighted by Crippen LogP contribution is 2.55. The van der Waals surface area contributed by atoms with Crippen LogP contribution in [0.5, 0.6) is 0 Å². The van der Waals surface area contributed by atoms with Gasteiger partial charge in [0, 0.05) is 86.3 Å². The molecule has 688 valence electrons. The van der Waals surface area contributed by atoms with Gasteiger partial charge in [0.1, 0.15) is 0 Å². The molecule has 32 aromatic rings. The zero-order valence-corrected chi connectivity index (χ0v) is 83.4. The Kier molecular flexibility index (Phi) is 20.2. The van der Waals surface area contributed by atoms with E-state index in [1.54, 1.807) is 45.3 Å². The Morgan fingerprint density at radius 1 is 0.122 bits per heavy atom. The van der Waals surface area contributed by atoms with Gasteiger partial charge < -0.3 is 0 Å². The van der Waals surface area contributed by atoms with E-state index < -0.39 is 0 Å². The lowest BCUT2D eigenvalue weighted by atomic mass is 9.84. The summed E-state index contributed by atoms with van der Waals surface area (Å²) in [7, 11) is 0. The van der Waals surface area contributed by atoms with E-state index >= 15 is 0 Å². The number of thiophene rings is 4. The quantitative estimate of drug-likeness (QED) is 0.133. The molecule has 4 heteroatoms. The van der Waals surface area contributed by atoms with Crippen molar-refractivity contribution >= 4 is 255 Å². The third kappa shape index (κ3) is 14.6. The highest BCUT2D eigenvalue weighted by molar-refractivity contribution is 7.27. The minimum absolute atomic E-state index is 0.594. The second-order valence-electron chi connectivity index (χ2n) is 38.5. The normalized spacial score (nSPS) is 12.2. The van der Waals surface area contributed by atoms with E-state index in [0.717, 1.165) is 18.8 Å². The standard InChI is InChI=1S/4C36H22S/c1-2-11-24-22-25(21-20-23(24)10-1)34-27-13-3-5-15-29(27)35(30-16-6-4-14-28(30)34)32-18-9-17-31-26-12-7-8-19-33(26)37-36(31)32;1-2-11-24-22-25(21-20-23(24)10-1)34-26-12-3-5-14-28(26)35(29-15-6-4-13-27(29)34)31-17-9-19-33-36(31)30-16-7-8-18-32(30)37-33;1-2-10-24-21-25(18-17-23(24)9-1)35-29-12-3-5-14-31(29)36(32-15-6-4-13-30(32)35)26-19-20-28-27-11-7-8-16-33(27)37-34(28)22-26;1-2-10-24-21-25(18-17-23(24)9-1)35-28-12-3-5-14-30(28)36(31-15-6-4-13-29(31)35)26-19-20-34-32(22-26)27-11-7-8-16-33(27)37-34/h4*1-22H/i19D;18D;2*16D. The van der Waals surface area contributed by atoms with Crippen molar-refractivity contribution in [3.8, 4) is 89.0 Å². The first-order valence-electron chi connectivity index (χ1n) is 52.5. The van der Waals surface area contributed by atoms with Crippen LogP contribution in [0.1, 0.15) is 5.48 Å². The number of fused-ring (bicyclic) bond motifs is 24. The molecule has 4 aromatic heterocycles. The molecule has 0 amide bonds. The summed E-state index contributed by atoms with van der Waals surface area (Å²) in [6, 6.07) is 186. The van der Waals surface area contributed by atoms with Gasteiger partial charge in [-0.1, -0.05) is 461 Å². The zero-order valence-electron chi connectivity index (χ0n) is 84.1. The predicted molar refractivity (Wildman–Crippen MR) is 651 cm³/mol. The van der Waals surface area contributed by atoms with Crippen LogP contribution >= 0.6 is 45.3 Å². The lowest BCUT2D eigenvalue weighted by Crippen LogP contribution is -1.91. The molecule has 0 saturated heterocycles. The van der Waals surface area contributed by atoms with Crippen molar-refractivity contribution in [3.05, 3.63) is 534 Å². The van der Waals surface area contributed by atoms with Gasteiger partial charge in [-0.15, -0.1) is 45.3 Å². The van der Waals surface area contributed by atoms with Crippen LogP contribution in [0.25, 0.3) is 299 Å². The molecule has 0 aliphatic carbocycles. The monoisotopic (exact) mass is 1950 g/mol. The van der Waals surface area contributed by atoms with Crippen LogP contribution < -0.4 is 0 Å². The topological polar surface area (TPSA) is 0 Å². The Labute approximate surface area is 876 Å². The van der Waals surface area contributed by atoms with Gasteiger partial charge in [0.25, 0.3) is 0 Å². The molecule has 148 heavy (non-hydrogen) atoms. The molecule has 0 unspecified atom stereocenters. The molecule has 32 rings (SSSR count). The fourth-order valence-electron chi connectivity index (χ4n) is 23.8. The highest BCUT2D eigenvalue weighted by Gasteiger charge is 2.26. The first-order chi connectivity index (χ1) is 75.1. The summed E-state index contributed by atoms with van der Waals surface area (Å²) < 4.78 is 43.0. The molecule has 0 bridgehead atoms. The molecule has 0 spiro atoms. The van der Waals surface area contributed by atoms with Gasteiger partial charge >= 0.3 is 0 Å². The Morgan fingerprint density at radius 2 is 0.358 bits per heavy atom. The van der Waals surface area contributed by atoms with Gasteiger partial charge in [-0.25, -0.2) is 0 Å². The molecule has 0 aliphatic rings. The van der Waals surface area contributed by atoms with Crippen molar-refractivity contribution < 1.29 is 5.48 Å². The maximum Gasteiger partial charge on any atom is 0.0638 e. The van der Waals surface area contributed by atoms with Crippen molar-refractivity contribution in [2.75, 3.05) is 0 Å². The van der Waals surface area contributed by atoms with Gasteiger partial charge in [-0.2, -0.15) is 0 Å². The average molecular weight is 1950 g/mol. The van der Waals surface area contributed by atoms with Crippen LogP contribution in [0, 0.1) is 0 Å². The average Bonchev–Trinajstić information content (AvgIpc) is 1.40. The van der Waals surface area contributed by atoms with Crippen LogP contribution in [-0.2, 0) is 0 Å². The lowest BCUT2D eigenvalue weighted by Gasteiger charge is -2.18. The van der Waals surface area contributed by atoms with Crippen molar-refractivity contribution in [1.29, 1.82) is 0 Å². The van der Waals surface area contributed by atoms with Crippen LogP contribution in [0.15, 0.2) is 534 Å². The van der Waals surface area contributed by atoms with E-state index in [1.165, 1.54) is 280 Å². The van der Waals surface area contributed by atoms with Crippen LogP contribution in [0.4, 0.5) is 0 Å². The molecule has 0 nitrogen and oxygen atoms in total. The van der Waals surface area contributed by atoms with E-state index in [4.69, 9.17) is 5.48 Å². The lowest BCUT2D eigenvalue weighted by molar-refractivity contribution is 1.69. The molecule has 28 aromatic carbocycles. The van der Waals surface area contributed by atoms with E-state index in [1.807, 2.05) is 48.5 Å². The maximum atomic E-state index is 8.52. The summed E-state index contributed by atoms with van der Waals surface area (Å²) in [5.74, 6) is 0. The fraction of sp³-hybridized carbons (Fsp3) is 0. The fourth-order valence-corrected chi connectivity index (χ4v) is 28.2. The second kappa shape index (κ2) is 36.2. The van der Waals surface area contributed by atoms with Crippen molar-refractivity contribution in [1.82, 2.24) is 0 Å². The van der Waals surface area contributed by atoms with E-state index in [9.17, 15) is 0 Å². The smallest absolute Gasteiger partial charge is 0.0638 e. The molecule has 0 atom stereocenters. The predicted octanol–water partition coefficient (Wildman–Crippen LogP) is 43.4. The third-order valence-corrected chi connectivity index (χ3v) is 34.8. The van der Waals surface area contributed by atoms with E-state index in [2.05, 4.69) is 461 Å². The molecular formula is C144H88S4. The molecular weight excluding hydrogens is 1860 g/mol. The SMILES string of the molecule is [2H]c1cccc2c1sc1c(-c3c4ccccc4c(-c4ccc5ccccc5c4)c4ccccc34)cccc12.[2H]c1cccc2c1sc1cc(-c3c4ccccc4c(-c4ccc5ccccc5c4)c4ccccc34)ccc12.[2H]c1cccc2c1sc1ccc(-c3c4ccccc4c(-c4ccc5ccccc5c4)c4ccccc34)cc12.[2H]c1cccc2c1sc1cccc(-c3c4ccccc4c(-c4ccc5ccccc5c4)c4ccccc34)c12. The van der Waals surface area contributed by atoms with Crippen molar-refractivity contribution in [2.45, 2.75) is 0 Å². The van der Waals surface area contributed by atoms with Crippen LogP contribution in [0.3, 0.4) is 0 Å². The van der Waals surface area contributed by atoms with Gasteiger partial charge in [0.2, 0.25) is 0 Å². The van der Waals surface area contributed by atoms with E-state index in [0.29, 0.717) is 24.2 Å². The third-order valence-electron chi connectivity index (χ3n) is 30.2. The highest BCUT2D eigenvalue weighted by atomic mass is 32.1. The minimum Gasteiger partial charge on any atom is -0.135 e. The summed E-state index contributed by atoms with van der Waals surface area (Å²) in [5.41, 5.74) is 20.1. The number of hydrogen-bond donors (Lipinski definition) is 0. The Balaban J connectivity index is 0.0000000947. The van der Waals surface area contributed by atoms with Crippen LogP contribution in [-0.4, -0.2) is 0 Å². The molecule has 0 N–H and O–H groups in total. The van der Waals surface area contributed by atoms with Gasteiger partial charge in [0.15, 0.2) is 0 Å². The number of hydrogen-bond acceptors (Lipinski definition) is 4. The summed E-state index contributed by atoms with van der Waals surface area (Å²) in [5, 5.41) is 39.8. The molecule has 0 fully saturated rings. The number of benzene rings is 28. The van der Waals surface area contributed by atoms with Crippen molar-refractivity contribution in [2.24, 2.45) is 0 Å². The summed E-state index contributed by atoms with van der Waals surface area (Å²) in [4.78, 5) is 0. The Hall–Kier alpha value is -17.8. The summed E-state index contributed by atoms with van der Waals surface area (Å²) >= 11 is 6.90. The molecule has 0 radical (unpaired) electrons. The van der Waals surface area contributed by atoms with Crippen LogP contribution in [0.2, 0.25) is 0 Å². The van der Waals surface area contributed by atoms with Gasteiger partial charge in [-0.3, -0.25) is 0 Å². The van der Waals surface area contributed by atoms with Gasteiger partial charge in [0.05, 0.1) is 5.48 Å². The maximum absolute atomic E-state index is 8.52. The van der Waals surface area contributed by atoms with E-state index in [-0.39, 0.29) is 0 Å². The zero-order chi connectivity index (χ0) is 101. The van der Waals surface area contributed by atoms with Gasteiger partial charge in [-0.05, 0) is 285 Å². The first-order valence-corrected chi connectivity index (χ1v) is 53.7. The Bertz CT molecular complexity index is 11100. The van der Waals surface area contributed by atoms with Crippen molar-refractivity contribution in [3.63, 3.8) is 0 Å². The largest absolute Gasteiger partial charge is 0.135 e. The molecule has 0 aliphatic heterocycles. The molecule has 4 heterocycles. The molecule has 0 saturated carbocycles. The Morgan fingerprint density at radius 3 is 0.736 bits per heavy atom. The first kappa shape index (κ1) is 82.6.